The van der Waals surface area contributed by atoms with Crippen LogP contribution in [0.1, 0.15) is 42.0 Å². The number of hydrogen-bond acceptors (Lipinski definition) is 5. The summed E-state index contributed by atoms with van der Waals surface area (Å²) in [5.74, 6) is 1.71. The number of amidine groups is 1. The van der Waals surface area contributed by atoms with Crippen LogP contribution in [0.3, 0.4) is 0 Å². The van der Waals surface area contributed by atoms with Crippen molar-refractivity contribution in [3.8, 4) is 11.5 Å². The van der Waals surface area contributed by atoms with E-state index < -0.39 is 0 Å². The van der Waals surface area contributed by atoms with Gasteiger partial charge in [-0.25, -0.2) is 4.99 Å². The van der Waals surface area contributed by atoms with Gasteiger partial charge in [0.1, 0.15) is 17.2 Å². The first-order valence-corrected chi connectivity index (χ1v) is 10.3. The van der Waals surface area contributed by atoms with E-state index in [1.807, 2.05) is 44.2 Å². The van der Waals surface area contributed by atoms with Gasteiger partial charge in [-0.1, -0.05) is 19.9 Å². The summed E-state index contributed by atoms with van der Waals surface area (Å²) < 4.78 is 10.9. The minimum Gasteiger partial charge on any atom is -0.496 e. The normalized spacial score (nSPS) is 16.6. The van der Waals surface area contributed by atoms with Crippen molar-refractivity contribution in [3.05, 3.63) is 57.5 Å². The fourth-order valence-electron chi connectivity index (χ4n) is 3.12. The lowest BCUT2D eigenvalue weighted by molar-refractivity contribution is -0.115. The summed E-state index contributed by atoms with van der Waals surface area (Å²) in [7, 11) is 3.29. The van der Waals surface area contributed by atoms with E-state index in [1.165, 1.54) is 11.8 Å². The molecule has 0 unspecified atom stereocenters. The first-order valence-electron chi connectivity index (χ1n) is 9.45. The van der Waals surface area contributed by atoms with E-state index in [9.17, 15) is 4.79 Å². The first-order chi connectivity index (χ1) is 13.8. The van der Waals surface area contributed by atoms with Gasteiger partial charge >= 0.3 is 0 Å². The molecule has 0 aromatic heterocycles. The van der Waals surface area contributed by atoms with Gasteiger partial charge in [-0.3, -0.25) is 4.79 Å². The average Bonchev–Trinajstić information content (AvgIpc) is 3.01. The highest BCUT2D eigenvalue weighted by atomic mass is 32.2. The molecule has 1 amide bonds. The maximum atomic E-state index is 12.5. The van der Waals surface area contributed by atoms with Gasteiger partial charge in [-0.05, 0) is 84.1 Å². The van der Waals surface area contributed by atoms with Crippen molar-refractivity contribution < 1.29 is 14.3 Å². The number of thioether (sulfide) groups is 1. The van der Waals surface area contributed by atoms with Gasteiger partial charge in [0.05, 0.1) is 19.1 Å². The molecule has 0 atom stereocenters. The van der Waals surface area contributed by atoms with Crippen molar-refractivity contribution in [2.75, 3.05) is 14.2 Å². The van der Waals surface area contributed by atoms with Crippen molar-refractivity contribution in [1.82, 2.24) is 5.32 Å². The average molecular weight is 411 g/mol. The Bertz CT molecular complexity index is 1010. The number of amides is 1. The molecule has 1 N–H and O–H groups in total. The smallest absolute Gasteiger partial charge is 0.264 e. The lowest BCUT2D eigenvalue weighted by Gasteiger charge is -2.14. The molecule has 0 bridgehead atoms. The molecule has 0 saturated carbocycles. The van der Waals surface area contributed by atoms with Crippen LogP contribution in [0.4, 0.5) is 5.69 Å². The number of rotatable bonds is 5. The van der Waals surface area contributed by atoms with E-state index in [-0.39, 0.29) is 5.91 Å². The maximum Gasteiger partial charge on any atom is 0.264 e. The second kappa shape index (κ2) is 8.74. The summed E-state index contributed by atoms with van der Waals surface area (Å²) in [6.07, 6.45) is 1.91. The van der Waals surface area contributed by atoms with E-state index in [0.29, 0.717) is 27.4 Å². The number of methoxy groups -OCH3 is 2. The predicted molar refractivity (Wildman–Crippen MR) is 120 cm³/mol. The molecule has 0 spiro atoms. The highest BCUT2D eigenvalue weighted by Gasteiger charge is 2.25. The lowest BCUT2D eigenvalue weighted by atomic mass is 9.96. The van der Waals surface area contributed by atoms with Gasteiger partial charge in [0.25, 0.3) is 5.91 Å². The fourth-order valence-corrected chi connectivity index (χ4v) is 3.94. The standard InChI is InChI=1S/C23H26N2O3S/c1-13(2)17-11-16(15(4)10-20(17)28-6)12-21-22(26)25-23(29-21)24-18-9-14(3)7-8-19(18)27-5/h7-13H,1-6H3,(H,24,25,26)/b21-12-. The maximum absolute atomic E-state index is 12.5. The van der Waals surface area contributed by atoms with Gasteiger partial charge in [0.15, 0.2) is 5.17 Å². The second-order valence-electron chi connectivity index (χ2n) is 7.26. The van der Waals surface area contributed by atoms with Gasteiger partial charge in [0, 0.05) is 0 Å². The molecule has 29 heavy (non-hydrogen) atoms. The zero-order valence-electron chi connectivity index (χ0n) is 17.6. The quantitative estimate of drug-likeness (QED) is 0.676. The lowest BCUT2D eigenvalue weighted by Crippen LogP contribution is -2.19. The zero-order chi connectivity index (χ0) is 21.1. The Morgan fingerprint density at radius 1 is 1.07 bits per heavy atom. The summed E-state index contributed by atoms with van der Waals surface area (Å²) in [4.78, 5) is 17.7. The van der Waals surface area contributed by atoms with Crippen LogP contribution in [0.25, 0.3) is 6.08 Å². The van der Waals surface area contributed by atoms with Gasteiger partial charge in [-0.15, -0.1) is 0 Å². The minimum absolute atomic E-state index is 0.151. The van der Waals surface area contributed by atoms with Crippen molar-refractivity contribution in [1.29, 1.82) is 0 Å². The Kier molecular flexibility index (Phi) is 6.33. The summed E-state index contributed by atoms with van der Waals surface area (Å²) in [5, 5.41) is 3.39. The van der Waals surface area contributed by atoms with Gasteiger partial charge in [0.2, 0.25) is 0 Å². The minimum atomic E-state index is -0.151. The molecule has 5 nitrogen and oxygen atoms in total. The molecule has 0 aliphatic carbocycles. The molecule has 152 valence electrons. The summed E-state index contributed by atoms with van der Waals surface area (Å²) >= 11 is 1.33. The zero-order valence-corrected chi connectivity index (χ0v) is 18.4. The van der Waals surface area contributed by atoms with Crippen LogP contribution in [0.2, 0.25) is 0 Å². The monoisotopic (exact) mass is 410 g/mol. The van der Waals surface area contributed by atoms with Crippen molar-refractivity contribution in [2.45, 2.75) is 33.6 Å². The number of aliphatic imine (C=N–C) groups is 1. The number of nitrogens with one attached hydrogen (secondary N) is 1. The third kappa shape index (κ3) is 4.65. The summed E-state index contributed by atoms with van der Waals surface area (Å²) in [6.45, 7) is 8.26. The Hall–Kier alpha value is -2.73. The van der Waals surface area contributed by atoms with Crippen molar-refractivity contribution in [2.24, 2.45) is 4.99 Å². The summed E-state index contributed by atoms with van der Waals surface area (Å²) in [6, 6.07) is 9.89. The van der Waals surface area contributed by atoms with Crippen LogP contribution in [-0.2, 0) is 4.79 Å². The van der Waals surface area contributed by atoms with E-state index in [4.69, 9.17) is 9.47 Å². The van der Waals surface area contributed by atoms with Crippen LogP contribution < -0.4 is 14.8 Å². The van der Waals surface area contributed by atoms with Crippen molar-refractivity contribution >= 4 is 34.6 Å². The number of aryl methyl sites for hydroxylation is 2. The van der Waals surface area contributed by atoms with E-state index in [2.05, 4.69) is 30.2 Å². The third-order valence-electron chi connectivity index (χ3n) is 4.73. The number of hydrogen-bond donors (Lipinski definition) is 1. The number of carbonyl (C=O) groups excluding carboxylic acids is 1. The highest BCUT2D eigenvalue weighted by molar-refractivity contribution is 8.18. The molecule has 2 aromatic rings. The molecule has 1 aliphatic heterocycles. The van der Waals surface area contributed by atoms with Crippen LogP contribution in [0.5, 0.6) is 11.5 Å². The van der Waals surface area contributed by atoms with E-state index in [0.717, 1.165) is 28.0 Å². The van der Waals surface area contributed by atoms with E-state index >= 15 is 0 Å². The number of carbonyl (C=O) groups is 1. The second-order valence-corrected chi connectivity index (χ2v) is 8.29. The molecule has 2 aromatic carbocycles. The van der Waals surface area contributed by atoms with Gasteiger partial charge < -0.3 is 14.8 Å². The molecule has 1 aliphatic rings. The largest absolute Gasteiger partial charge is 0.496 e. The predicted octanol–water partition coefficient (Wildman–Crippen LogP) is 5.34. The molecular weight excluding hydrogens is 384 g/mol. The van der Waals surface area contributed by atoms with Crippen LogP contribution >= 0.6 is 11.8 Å². The number of benzene rings is 2. The molecule has 6 heteroatoms. The fraction of sp³-hybridized carbons (Fsp3) is 0.304. The molecule has 1 fully saturated rings. The Morgan fingerprint density at radius 2 is 1.79 bits per heavy atom. The third-order valence-corrected chi connectivity index (χ3v) is 5.64. The summed E-state index contributed by atoms with van der Waals surface area (Å²) in [5.41, 5.74) is 4.94. The first kappa shape index (κ1) is 21.0. The molecule has 3 rings (SSSR count). The number of ether oxygens (including phenoxy) is 2. The Balaban J connectivity index is 1.94. The van der Waals surface area contributed by atoms with E-state index in [1.54, 1.807) is 14.2 Å². The highest BCUT2D eigenvalue weighted by Crippen LogP contribution is 2.35. The molecule has 0 radical (unpaired) electrons. The van der Waals surface area contributed by atoms with Crippen LogP contribution in [0, 0.1) is 13.8 Å². The SMILES string of the molecule is COc1ccc(C)cc1N=C1NC(=O)/C(=C/c2cc(C(C)C)c(OC)cc2C)S1. The van der Waals surface area contributed by atoms with Crippen molar-refractivity contribution in [3.63, 3.8) is 0 Å². The number of nitrogens with zero attached hydrogens (tertiary/aromatic N) is 1. The topological polar surface area (TPSA) is 59.9 Å². The Labute approximate surface area is 176 Å². The van der Waals surface area contributed by atoms with Crippen LogP contribution in [-0.4, -0.2) is 25.3 Å². The molecular formula is C23H26N2O3S. The van der Waals surface area contributed by atoms with Gasteiger partial charge in [-0.2, -0.15) is 0 Å². The van der Waals surface area contributed by atoms with Crippen LogP contribution in [0.15, 0.2) is 40.2 Å². The Morgan fingerprint density at radius 3 is 2.45 bits per heavy atom. The molecule has 1 heterocycles. The molecule has 1 saturated heterocycles.